The molecule has 0 aliphatic heterocycles. The van der Waals surface area contributed by atoms with E-state index in [1.54, 1.807) is 0 Å². The molecule has 3 heterocycles. The van der Waals surface area contributed by atoms with Crippen molar-refractivity contribution >= 4 is 33.4 Å². The predicted octanol–water partition coefficient (Wildman–Crippen LogP) is 1.51. The number of carbonyl (C=O) groups is 1. The number of anilines is 1. The van der Waals surface area contributed by atoms with Gasteiger partial charge in [-0.1, -0.05) is 6.92 Å². The van der Waals surface area contributed by atoms with Crippen LogP contribution in [0.3, 0.4) is 0 Å². The van der Waals surface area contributed by atoms with Crippen LogP contribution in [0.15, 0.2) is 27.2 Å². The minimum Gasteiger partial charge on any atom is -0.298 e. The molecule has 24 heavy (non-hydrogen) atoms. The Balaban J connectivity index is 2.03. The molecule has 0 bridgehead atoms. The minimum absolute atomic E-state index is 0.200. The first-order valence-corrected chi connectivity index (χ1v) is 8.24. The molecule has 9 heteroatoms. The van der Waals surface area contributed by atoms with Gasteiger partial charge in [0.05, 0.1) is 16.6 Å². The smallest absolute Gasteiger partial charge is 0.298 e. The van der Waals surface area contributed by atoms with Gasteiger partial charge in [0.1, 0.15) is 5.65 Å². The molecular formula is C15H15N5O3S. The lowest BCUT2D eigenvalue weighted by atomic mass is 10.2. The van der Waals surface area contributed by atoms with Gasteiger partial charge in [-0.05, 0) is 19.4 Å². The van der Waals surface area contributed by atoms with Gasteiger partial charge in [0.25, 0.3) is 11.5 Å². The molecule has 0 fully saturated rings. The number of aromatic nitrogens is 4. The Labute approximate surface area is 140 Å². The predicted molar refractivity (Wildman–Crippen MR) is 91.7 cm³/mol. The van der Waals surface area contributed by atoms with Crippen LogP contribution in [-0.4, -0.2) is 25.4 Å². The number of hydrogen-bond donors (Lipinski definition) is 2. The zero-order valence-electron chi connectivity index (χ0n) is 13.1. The van der Waals surface area contributed by atoms with Crippen LogP contribution in [0.25, 0.3) is 11.0 Å². The highest BCUT2D eigenvalue weighted by molar-refractivity contribution is 7.13. The van der Waals surface area contributed by atoms with Crippen molar-refractivity contribution in [2.24, 2.45) is 0 Å². The summed E-state index contributed by atoms with van der Waals surface area (Å²) in [4.78, 5) is 46.8. The summed E-state index contributed by atoms with van der Waals surface area (Å²) >= 11 is 1.31. The van der Waals surface area contributed by atoms with Crippen molar-refractivity contribution in [3.8, 4) is 0 Å². The van der Waals surface area contributed by atoms with E-state index < -0.39 is 17.2 Å². The maximum atomic E-state index is 12.3. The van der Waals surface area contributed by atoms with Gasteiger partial charge in [-0.3, -0.25) is 24.5 Å². The van der Waals surface area contributed by atoms with Crippen LogP contribution in [0.4, 0.5) is 5.13 Å². The van der Waals surface area contributed by atoms with Gasteiger partial charge in [0.15, 0.2) is 5.13 Å². The topological polar surface area (TPSA) is 110 Å². The number of nitrogens with zero attached hydrogens (tertiary/aromatic N) is 3. The maximum Gasteiger partial charge on any atom is 0.329 e. The monoisotopic (exact) mass is 345 g/mol. The molecule has 0 saturated carbocycles. The first-order valence-electron chi connectivity index (χ1n) is 7.36. The number of amides is 1. The number of hydrogen-bond acceptors (Lipinski definition) is 6. The Morgan fingerprint density at radius 1 is 1.42 bits per heavy atom. The molecule has 3 rings (SSSR count). The molecule has 3 aromatic heterocycles. The van der Waals surface area contributed by atoms with Gasteiger partial charge < -0.3 is 0 Å². The summed E-state index contributed by atoms with van der Waals surface area (Å²) < 4.78 is 1.39. The summed E-state index contributed by atoms with van der Waals surface area (Å²) in [5.74, 6) is -0.411. The molecule has 2 N–H and O–H groups in total. The molecule has 8 nitrogen and oxygen atoms in total. The normalized spacial score (nSPS) is 10.9. The van der Waals surface area contributed by atoms with Crippen LogP contribution in [0, 0.1) is 6.92 Å². The summed E-state index contributed by atoms with van der Waals surface area (Å²) in [7, 11) is 0. The van der Waals surface area contributed by atoms with E-state index >= 15 is 0 Å². The quantitative estimate of drug-likeness (QED) is 0.745. The number of rotatable bonds is 4. The van der Waals surface area contributed by atoms with Gasteiger partial charge in [-0.2, -0.15) is 0 Å². The number of thiazole rings is 1. The number of aromatic amines is 1. The van der Waals surface area contributed by atoms with E-state index in [0.717, 1.165) is 5.69 Å². The number of pyridine rings is 1. The number of nitrogens with one attached hydrogen (secondary N) is 2. The molecule has 0 saturated heterocycles. The van der Waals surface area contributed by atoms with Gasteiger partial charge in [0.2, 0.25) is 0 Å². The van der Waals surface area contributed by atoms with Crippen LogP contribution in [0.1, 0.15) is 29.4 Å². The zero-order chi connectivity index (χ0) is 17.3. The summed E-state index contributed by atoms with van der Waals surface area (Å²) in [5.41, 5.74) is 0.244. The Kier molecular flexibility index (Phi) is 4.26. The van der Waals surface area contributed by atoms with E-state index in [0.29, 0.717) is 18.1 Å². The van der Waals surface area contributed by atoms with Crippen molar-refractivity contribution in [2.45, 2.75) is 26.8 Å². The van der Waals surface area contributed by atoms with Crippen LogP contribution < -0.4 is 16.6 Å². The standard InChI is InChI=1S/C15H15N5O3S/c1-3-4-20-11-10(13(22)19-15(20)23)5-9(6-16-11)12(21)18-14-17-8(2)7-24-14/h5-7H,3-4H2,1-2H3,(H,17,18,21)(H,19,22,23). The lowest BCUT2D eigenvalue weighted by Crippen LogP contribution is -2.31. The number of carbonyl (C=O) groups excluding carboxylic acids is 1. The average Bonchev–Trinajstić information content (AvgIpc) is 2.96. The highest BCUT2D eigenvalue weighted by Crippen LogP contribution is 2.16. The minimum atomic E-state index is -0.561. The lowest BCUT2D eigenvalue weighted by molar-refractivity contribution is 0.102. The van der Waals surface area contributed by atoms with Crippen LogP contribution in [0.2, 0.25) is 0 Å². The van der Waals surface area contributed by atoms with E-state index in [2.05, 4.69) is 20.3 Å². The fraction of sp³-hybridized carbons (Fsp3) is 0.267. The maximum absolute atomic E-state index is 12.3. The third-order valence-corrected chi connectivity index (χ3v) is 4.26. The molecule has 0 aliphatic rings. The molecule has 0 spiro atoms. The first kappa shape index (κ1) is 16.1. The largest absolute Gasteiger partial charge is 0.329 e. The van der Waals surface area contributed by atoms with E-state index in [9.17, 15) is 14.4 Å². The van der Waals surface area contributed by atoms with Crippen LogP contribution in [0.5, 0.6) is 0 Å². The lowest BCUT2D eigenvalue weighted by Gasteiger charge is -2.08. The second-order valence-corrected chi connectivity index (χ2v) is 6.11. The number of fused-ring (bicyclic) bond motifs is 1. The van der Waals surface area contributed by atoms with E-state index in [1.165, 1.54) is 28.2 Å². The van der Waals surface area contributed by atoms with Crippen molar-refractivity contribution in [2.75, 3.05) is 5.32 Å². The second kappa shape index (κ2) is 6.36. The van der Waals surface area contributed by atoms with Gasteiger partial charge in [0, 0.05) is 18.1 Å². The van der Waals surface area contributed by atoms with Crippen LogP contribution in [-0.2, 0) is 6.54 Å². The highest BCUT2D eigenvalue weighted by atomic mass is 32.1. The molecular weight excluding hydrogens is 330 g/mol. The van der Waals surface area contributed by atoms with E-state index in [1.807, 2.05) is 19.2 Å². The van der Waals surface area contributed by atoms with Gasteiger partial charge in [-0.15, -0.1) is 11.3 Å². The van der Waals surface area contributed by atoms with Gasteiger partial charge in [-0.25, -0.2) is 14.8 Å². The Morgan fingerprint density at radius 3 is 2.88 bits per heavy atom. The summed E-state index contributed by atoms with van der Waals surface area (Å²) in [6, 6.07) is 1.43. The summed E-state index contributed by atoms with van der Waals surface area (Å²) in [5, 5.41) is 5.16. The fourth-order valence-electron chi connectivity index (χ4n) is 2.30. The Hall–Kier alpha value is -2.81. The van der Waals surface area contributed by atoms with E-state index in [-0.39, 0.29) is 16.6 Å². The third-order valence-electron chi connectivity index (χ3n) is 3.38. The van der Waals surface area contributed by atoms with Crippen molar-refractivity contribution in [3.05, 3.63) is 49.7 Å². The SMILES string of the molecule is CCCn1c(=O)[nH]c(=O)c2cc(C(=O)Nc3nc(C)cs3)cnc21. The van der Waals surface area contributed by atoms with Crippen molar-refractivity contribution in [3.63, 3.8) is 0 Å². The highest BCUT2D eigenvalue weighted by Gasteiger charge is 2.14. The third kappa shape index (κ3) is 2.98. The zero-order valence-corrected chi connectivity index (χ0v) is 13.9. The molecule has 0 radical (unpaired) electrons. The Morgan fingerprint density at radius 2 is 2.21 bits per heavy atom. The number of aryl methyl sites for hydroxylation is 2. The summed E-state index contributed by atoms with van der Waals surface area (Å²) in [6.45, 7) is 4.18. The van der Waals surface area contributed by atoms with Crippen molar-refractivity contribution in [1.82, 2.24) is 19.5 Å². The molecule has 3 aromatic rings. The molecule has 124 valence electrons. The molecule has 0 unspecified atom stereocenters. The van der Waals surface area contributed by atoms with Crippen molar-refractivity contribution in [1.29, 1.82) is 0 Å². The molecule has 1 amide bonds. The molecule has 0 aromatic carbocycles. The second-order valence-electron chi connectivity index (χ2n) is 5.25. The van der Waals surface area contributed by atoms with Crippen LogP contribution >= 0.6 is 11.3 Å². The van der Waals surface area contributed by atoms with Crippen molar-refractivity contribution < 1.29 is 4.79 Å². The van der Waals surface area contributed by atoms with E-state index in [4.69, 9.17) is 0 Å². The van der Waals surface area contributed by atoms with Gasteiger partial charge >= 0.3 is 5.69 Å². The Bertz CT molecular complexity index is 1030. The number of H-pyrrole nitrogens is 1. The fourth-order valence-corrected chi connectivity index (χ4v) is 2.99. The summed E-state index contributed by atoms with van der Waals surface area (Å²) in [6.07, 6.45) is 2.07. The molecule has 0 atom stereocenters. The molecule has 0 aliphatic carbocycles. The first-order chi connectivity index (χ1) is 11.5. The average molecular weight is 345 g/mol.